The molecule has 0 aliphatic heterocycles. The lowest BCUT2D eigenvalue weighted by molar-refractivity contribution is -0.512. The molecule has 18 heavy (non-hydrogen) atoms. The molecule has 0 aromatic carbocycles. The van der Waals surface area contributed by atoms with Crippen LogP contribution in [-0.4, -0.2) is 30.5 Å². The van der Waals surface area contributed by atoms with Gasteiger partial charge in [-0.2, -0.15) is 39.5 Å². The first-order valence-corrected chi connectivity index (χ1v) is 3.43. The Morgan fingerprint density at radius 2 is 0.833 bits per heavy atom. The van der Waals surface area contributed by atoms with Crippen molar-refractivity contribution in [1.29, 1.82) is 0 Å². The van der Waals surface area contributed by atoms with E-state index in [9.17, 15) is 52.7 Å². The van der Waals surface area contributed by atoms with Crippen molar-refractivity contribution >= 4 is 0 Å². The Labute approximate surface area is 89.3 Å². The quantitative estimate of drug-likeness (QED) is 0.702. The van der Waals surface area contributed by atoms with Crippen LogP contribution in [0.25, 0.3) is 0 Å². The summed E-state index contributed by atoms with van der Waals surface area (Å²) in [7, 11) is 0. The van der Waals surface area contributed by atoms with Crippen LogP contribution in [0.2, 0.25) is 0 Å². The lowest BCUT2D eigenvalue weighted by atomic mass is 10.1. The van der Waals surface area contributed by atoms with Crippen molar-refractivity contribution in [2.24, 2.45) is 0 Å². The highest BCUT2D eigenvalue weighted by molar-refractivity contribution is 4.97. The molecule has 0 bridgehead atoms. The molecular formula is C5F12O. The van der Waals surface area contributed by atoms with Gasteiger partial charge in [-0.15, -0.1) is 13.2 Å². The Bertz CT molecular complexity index is 295. The van der Waals surface area contributed by atoms with Crippen LogP contribution in [0.3, 0.4) is 0 Å². The summed E-state index contributed by atoms with van der Waals surface area (Å²) in [6.07, 6.45) is -21.2. The van der Waals surface area contributed by atoms with E-state index in [2.05, 4.69) is 0 Å². The standard InChI is InChI=1S/C5F12O/c6-1(7,3(9,10)11)2(8,4(12,13)14)18-5(15,16)17. The molecule has 1 nitrogen and oxygen atoms in total. The number of halogens is 12. The maximum atomic E-state index is 12.5. The molecule has 1 atom stereocenters. The first-order valence-electron chi connectivity index (χ1n) is 3.43. The normalized spacial score (nSPS) is 18.7. The topological polar surface area (TPSA) is 9.23 Å². The lowest BCUT2D eigenvalue weighted by Gasteiger charge is -2.35. The van der Waals surface area contributed by atoms with Crippen LogP contribution >= 0.6 is 0 Å². The third-order valence-electron chi connectivity index (χ3n) is 1.38. The van der Waals surface area contributed by atoms with Gasteiger partial charge in [-0.05, 0) is 0 Å². The summed E-state index contributed by atoms with van der Waals surface area (Å²) in [6, 6.07) is 0. The molecule has 0 heterocycles. The van der Waals surface area contributed by atoms with E-state index in [4.69, 9.17) is 0 Å². The Morgan fingerprint density at radius 1 is 0.500 bits per heavy atom. The van der Waals surface area contributed by atoms with E-state index in [0.717, 1.165) is 0 Å². The van der Waals surface area contributed by atoms with Crippen molar-refractivity contribution in [2.45, 2.75) is 30.5 Å². The van der Waals surface area contributed by atoms with Gasteiger partial charge in [0.2, 0.25) is 0 Å². The molecule has 0 fully saturated rings. The first-order chi connectivity index (χ1) is 7.46. The van der Waals surface area contributed by atoms with E-state index in [-0.39, 0.29) is 0 Å². The summed E-state index contributed by atoms with van der Waals surface area (Å²) in [4.78, 5) is 0. The molecule has 0 aliphatic carbocycles. The van der Waals surface area contributed by atoms with Gasteiger partial charge in [-0.25, -0.2) is 4.74 Å². The van der Waals surface area contributed by atoms with E-state index in [1.807, 2.05) is 0 Å². The lowest BCUT2D eigenvalue weighted by Crippen LogP contribution is -2.65. The number of rotatable bonds is 2. The molecule has 1 unspecified atom stereocenters. The predicted octanol–water partition coefficient (Wildman–Crippen LogP) is 3.95. The Kier molecular flexibility index (Phi) is 3.86. The average Bonchev–Trinajstić information content (AvgIpc) is 1.95. The van der Waals surface area contributed by atoms with Crippen molar-refractivity contribution < 1.29 is 57.4 Å². The highest BCUT2D eigenvalue weighted by Crippen LogP contribution is 2.54. The smallest absolute Gasteiger partial charge is 0.240 e. The molecule has 0 amide bonds. The van der Waals surface area contributed by atoms with Gasteiger partial charge in [-0.1, -0.05) is 0 Å². The van der Waals surface area contributed by atoms with E-state index in [1.54, 1.807) is 0 Å². The molecule has 0 saturated carbocycles. The minimum Gasteiger partial charge on any atom is -0.240 e. The summed E-state index contributed by atoms with van der Waals surface area (Å²) in [5.41, 5.74) is 0. The van der Waals surface area contributed by atoms with Gasteiger partial charge in [-0.3, -0.25) is 0 Å². The molecule has 110 valence electrons. The van der Waals surface area contributed by atoms with Gasteiger partial charge < -0.3 is 0 Å². The fraction of sp³-hybridized carbons (Fsp3) is 1.00. The second kappa shape index (κ2) is 4.06. The minimum atomic E-state index is -7.45. The average molecular weight is 304 g/mol. The maximum Gasteiger partial charge on any atom is 0.525 e. The zero-order valence-corrected chi connectivity index (χ0v) is 7.44. The summed E-state index contributed by atoms with van der Waals surface area (Å²) < 4.78 is 142. The molecule has 13 heteroatoms. The summed E-state index contributed by atoms with van der Waals surface area (Å²) in [6.45, 7) is 0. The van der Waals surface area contributed by atoms with Crippen LogP contribution in [0.4, 0.5) is 52.7 Å². The zero-order valence-electron chi connectivity index (χ0n) is 7.44. The van der Waals surface area contributed by atoms with E-state index in [1.165, 1.54) is 4.74 Å². The van der Waals surface area contributed by atoms with Crippen molar-refractivity contribution in [3.8, 4) is 0 Å². The van der Waals surface area contributed by atoms with Crippen LogP contribution < -0.4 is 0 Å². The molecule has 0 rings (SSSR count). The molecule has 0 N–H and O–H groups in total. The van der Waals surface area contributed by atoms with Crippen LogP contribution in [0.15, 0.2) is 0 Å². The zero-order chi connectivity index (χ0) is 15.2. The number of hydrogen-bond donors (Lipinski definition) is 0. The molecule has 0 spiro atoms. The van der Waals surface area contributed by atoms with Gasteiger partial charge in [0.1, 0.15) is 0 Å². The first kappa shape index (κ1) is 17.1. The molecular weight excluding hydrogens is 304 g/mol. The molecule has 0 aromatic heterocycles. The third kappa shape index (κ3) is 2.92. The Hall–Kier alpha value is -0.880. The Morgan fingerprint density at radius 3 is 1.00 bits per heavy atom. The van der Waals surface area contributed by atoms with Gasteiger partial charge >= 0.3 is 30.5 Å². The van der Waals surface area contributed by atoms with Crippen LogP contribution in [0, 0.1) is 0 Å². The highest BCUT2D eigenvalue weighted by Gasteiger charge is 2.84. The SMILES string of the molecule is FC(F)(F)OC(F)(C(F)(F)F)C(F)(F)C(F)(F)F. The maximum absolute atomic E-state index is 12.5. The number of alkyl halides is 12. The second-order valence-electron chi connectivity index (χ2n) is 2.71. The largest absolute Gasteiger partial charge is 0.525 e. The van der Waals surface area contributed by atoms with Gasteiger partial charge in [0.25, 0.3) is 0 Å². The fourth-order valence-electron chi connectivity index (χ4n) is 0.642. The highest BCUT2D eigenvalue weighted by atomic mass is 19.4. The van der Waals surface area contributed by atoms with Crippen LogP contribution in [0.1, 0.15) is 0 Å². The van der Waals surface area contributed by atoms with Crippen molar-refractivity contribution in [2.75, 3.05) is 0 Å². The summed E-state index contributed by atoms with van der Waals surface area (Å²) in [5.74, 6) is -14.7. The van der Waals surface area contributed by atoms with Gasteiger partial charge in [0, 0.05) is 0 Å². The van der Waals surface area contributed by atoms with Crippen molar-refractivity contribution in [3.63, 3.8) is 0 Å². The fourth-order valence-corrected chi connectivity index (χ4v) is 0.642. The Balaban J connectivity index is 5.81. The van der Waals surface area contributed by atoms with Crippen molar-refractivity contribution in [3.05, 3.63) is 0 Å². The van der Waals surface area contributed by atoms with E-state index >= 15 is 0 Å². The molecule has 0 saturated heterocycles. The van der Waals surface area contributed by atoms with Gasteiger partial charge in [0.15, 0.2) is 0 Å². The van der Waals surface area contributed by atoms with Crippen LogP contribution in [-0.2, 0) is 4.74 Å². The summed E-state index contributed by atoms with van der Waals surface area (Å²) >= 11 is 0. The van der Waals surface area contributed by atoms with E-state index < -0.39 is 30.5 Å². The number of hydrogen-bond acceptors (Lipinski definition) is 1. The third-order valence-corrected chi connectivity index (χ3v) is 1.38. The number of ether oxygens (including phenoxy) is 1. The monoisotopic (exact) mass is 304 g/mol. The van der Waals surface area contributed by atoms with Gasteiger partial charge in [0.05, 0.1) is 0 Å². The predicted molar refractivity (Wildman–Crippen MR) is 28.0 cm³/mol. The van der Waals surface area contributed by atoms with Crippen LogP contribution in [0.5, 0.6) is 0 Å². The molecule has 0 aromatic rings. The molecule has 0 radical (unpaired) electrons. The van der Waals surface area contributed by atoms with Crippen molar-refractivity contribution in [1.82, 2.24) is 0 Å². The minimum absolute atomic E-state index is 1.32. The molecule has 0 aliphatic rings. The summed E-state index contributed by atoms with van der Waals surface area (Å²) in [5, 5.41) is 0. The van der Waals surface area contributed by atoms with E-state index in [0.29, 0.717) is 0 Å². The second-order valence-corrected chi connectivity index (χ2v) is 2.71.